The van der Waals surface area contributed by atoms with Gasteiger partial charge in [0.1, 0.15) is 5.41 Å². The van der Waals surface area contributed by atoms with Crippen molar-refractivity contribution in [1.82, 2.24) is 4.90 Å². The maximum absolute atomic E-state index is 13.2. The number of hydrogen-bond donors (Lipinski definition) is 1. The highest BCUT2D eigenvalue weighted by Crippen LogP contribution is 2.39. The van der Waals surface area contributed by atoms with Gasteiger partial charge >= 0.3 is 0 Å². The number of carbonyl (C=O) groups excluding carboxylic acids is 1. The number of thiocarbonyl (C=S) groups is 1. The van der Waals surface area contributed by atoms with Crippen LogP contribution in [0.4, 0.5) is 0 Å². The number of ether oxygens (including phenoxy) is 1. The number of amides is 1. The highest BCUT2D eigenvalue weighted by Gasteiger charge is 2.47. The first-order chi connectivity index (χ1) is 10.1. The van der Waals surface area contributed by atoms with Crippen molar-refractivity contribution in [3.8, 4) is 0 Å². The van der Waals surface area contributed by atoms with E-state index in [1.54, 1.807) is 11.3 Å². The first-order valence-corrected chi connectivity index (χ1v) is 8.60. The van der Waals surface area contributed by atoms with Crippen molar-refractivity contribution in [1.29, 1.82) is 0 Å². The van der Waals surface area contributed by atoms with E-state index >= 15 is 0 Å². The molecule has 1 atom stereocenters. The van der Waals surface area contributed by atoms with Crippen LogP contribution < -0.4 is 5.73 Å². The SMILES string of the molecule is CC1c2ccsc2CCN1C(=O)C1(C(N)=S)CCOCC1. The van der Waals surface area contributed by atoms with E-state index in [4.69, 9.17) is 22.7 Å². The van der Waals surface area contributed by atoms with Crippen LogP contribution in [0, 0.1) is 5.41 Å². The van der Waals surface area contributed by atoms with E-state index in [0.717, 1.165) is 13.0 Å². The van der Waals surface area contributed by atoms with E-state index in [1.165, 1.54) is 10.4 Å². The monoisotopic (exact) mass is 324 g/mol. The molecule has 3 rings (SSSR count). The van der Waals surface area contributed by atoms with Crippen molar-refractivity contribution in [2.75, 3.05) is 19.8 Å². The molecule has 1 aromatic heterocycles. The number of fused-ring (bicyclic) bond motifs is 1. The molecule has 1 saturated heterocycles. The Morgan fingerprint density at radius 2 is 2.24 bits per heavy atom. The normalized spacial score (nSPS) is 24.4. The van der Waals surface area contributed by atoms with Gasteiger partial charge in [-0.2, -0.15) is 0 Å². The molecule has 1 unspecified atom stereocenters. The standard InChI is InChI=1S/C15H20N2O2S2/c1-10-11-3-9-21-12(11)2-6-17(10)14(18)15(13(16)20)4-7-19-8-5-15/h3,9-10H,2,4-8H2,1H3,(H2,16,20). The quantitative estimate of drug-likeness (QED) is 0.848. The van der Waals surface area contributed by atoms with E-state index in [1.807, 2.05) is 4.90 Å². The molecule has 1 amide bonds. The van der Waals surface area contributed by atoms with Crippen LogP contribution >= 0.6 is 23.6 Å². The van der Waals surface area contributed by atoms with Gasteiger partial charge in [0.05, 0.1) is 11.0 Å². The maximum Gasteiger partial charge on any atom is 0.236 e. The lowest BCUT2D eigenvalue weighted by Gasteiger charge is -2.42. The fourth-order valence-electron chi connectivity index (χ4n) is 3.35. The van der Waals surface area contributed by atoms with Gasteiger partial charge < -0.3 is 15.4 Å². The van der Waals surface area contributed by atoms with E-state index in [0.29, 0.717) is 31.0 Å². The molecule has 114 valence electrons. The molecule has 0 spiro atoms. The zero-order valence-electron chi connectivity index (χ0n) is 12.1. The number of carbonyl (C=O) groups is 1. The summed E-state index contributed by atoms with van der Waals surface area (Å²) in [6, 6.07) is 2.23. The highest BCUT2D eigenvalue weighted by atomic mass is 32.1. The average molecular weight is 324 g/mol. The Labute approximate surface area is 134 Å². The van der Waals surface area contributed by atoms with Gasteiger partial charge in [0.25, 0.3) is 0 Å². The molecule has 2 N–H and O–H groups in total. The van der Waals surface area contributed by atoms with E-state index in [-0.39, 0.29) is 11.9 Å². The van der Waals surface area contributed by atoms with Crippen LogP contribution in [0.25, 0.3) is 0 Å². The summed E-state index contributed by atoms with van der Waals surface area (Å²) in [5.41, 5.74) is 6.52. The Kier molecular flexibility index (Phi) is 4.03. The number of nitrogens with two attached hydrogens (primary N) is 1. The summed E-state index contributed by atoms with van der Waals surface area (Å²) < 4.78 is 5.40. The number of nitrogens with zero attached hydrogens (tertiary/aromatic N) is 1. The molecule has 2 aliphatic heterocycles. The molecular formula is C15H20N2O2S2. The molecular weight excluding hydrogens is 304 g/mol. The van der Waals surface area contributed by atoms with E-state index in [2.05, 4.69) is 18.4 Å². The lowest BCUT2D eigenvalue weighted by atomic mass is 9.78. The molecule has 6 heteroatoms. The minimum Gasteiger partial charge on any atom is -0.392 e. The van der Waals surface area contributed by atoms with Gasteiger partial charge in [-0.3, -0.25) is 4.79 Å². The molecule has 0 aliphatic carbocycles. The molecule has 4 nitrogen and oxygen atoms in total. The van der Waals surface area contributed by atoms with Crippen LogP contribution in [0.15, 0.2) is 11.4 Å². The van der Waals surface area contributed by atoms with Crippen LogP contribution in [-0.4, -0.2) is 35.6 Å². The lowest BCUT2D eigenvalue weighted by Crippen LogP contribution is -2.54. The van der Waals surface area contributed by atoms with Gasteiger partial charge in [-0.15, -0.1) is 11.3 Å². The van der Waals surface area contributed by atoms with Gasteiger partial charge in [0, 0.05) is 24.6 Å². The van der Waals surface area contributed by atoms with Gasteiger partial charge in [-0.25, -0.2) is 0 Å². The first kappa shape index (κ1) is 14.9. The molecule has 0 radical (unpaired) electrons. The lowest BCUT2D eigenvalue weighted by molar-refractivity contribution is -0.145. The largest absolute Gasteiger partial charge is 0.392 e. The Morgan fingerprint density at radius 3 is 2.90 bits per heavy atom. The van der Waals surface area contributed by atoms with Gasteiger partial charge in [-0.05, 0) is 43.2 Å². The fourth-order valence-corrected chi connectivity index (χ4v) is 4.60. The third kappa shape index (κ3) is 2.39. The fraction of sp³-hybridized carbons (Fsp3) is 0.600. The van der Waals surface area contributed by atoms with Crippen LogP contribution in [0.2, 0.25) is 0 Å². The van der Waals surface area contributed by atoms with Crippen LogP contribution in [0.1, 0.15) is 36.2 Å². The maximum atomic E-state index is 13.2. The van der Waals surface area contributed by atoms with Crippen molar-refractivity contribution in [3.05, 3.63) is 21.9 Å². The summed E-state index contributed by atoms with van der Waals surface area (Å²) in [6.45, 7) is 3.94. The summed E-state index contributed by atoms with van der Waals surface area (Å²) in [5.74, 6) is 0.0858. The predicted octanol–water partition coefficient (Wildman–Crippen LogP) is 2.28. The summed E-state index contributed by atoms with van der Waals surface area (Å²) in [4.78, 5) is 16.8. The molecule has 0 bridgehead atoms. The minimum absolute atomic E-state index is 0.0858. The molecule has 2 aliphatic rings. The van der Waals surface area contributed by atoms with E-state index < -0.39 is 5.41 Å². The zero-order valence-corrected chi connectivity index (χ0v) is 13.8. The molecule has 1 aromatic rings. The van der Waals surface area contributed by atoms with Crippen molar-refractivity contribution in [3.63, 3.8) is 0 Å². The summed E-state index contributed by atoms with van der Waals surface area (Å²) >= 11 is 7.03. The molecule has 3 heterocycles. The summed E-state index contributed by atoms with van der Waals surface area (Å²) in [6.07, 6.45) is 2.12. The van der Waals surface area contributed by atoms with Gasteiger partial charge in [0.2, 0.25) is 5.91 Å². The zero-order chi connectivity index (χ0) is 15.0. The van der Waals surface area contributed by atoms with Crippen molar-refractivity contribution in [2.24, 2.45) is 11.1 Å². The minimum atomic E-state index is -0.713. The summed E-state index contributed by atoms with van der Waals surface area (Å²) in [7, 11) is 0. The molecule has 21 heavy (non-hydrogen) atoms. The number of thiophene rings is 1. The molecule has 0 saturated carbocycles. The summed E-state index contributed by atoms with van der Waals surface area (Å²) in [5, 5.41) is 2.10. The Bertz CT molecular complexity index is 564. The second-order valence-electron chi connectivity index (χ2n) is 5.78. The molecule has 1 fully saturated rings. The Hall–Kier alpha value is -0.980. The van der Waals surface area contributed by atoms with Crippen LogP contribution in [0.5, 0.6) is 0 Å². The smallest absolute Gasteiger partial charge is 0.236 e. The Balaban J connectivity index is 1.89. The highest BCUT2D eigenvalue weighted by molar-refractivity contribution is 7.80. The van der Waals surface area contributed by atoms with Gasteiger partial charge in [-0.1, -0.05) is 12.2 Å². The first-order valence-electron chi connectivity index (χ1n) is 7.31. The number of rotatable bonds is 2. The number of hydrogen-bond acceptors (Lipinski definition) is 4. The second kappa shape index (κ2) is 5.66. The second-order valence-corrected chi connectivity index (χ2v) is 7.22. The van der Waals surface area contributed by atoms with Crippen LogP contribution in [-0.2, 0) is 16.0 Å². The van der Waals surface area contributed by atoms with Crippen molar-refractivity contribution in [2.45, 2.75) is 32.2 Å². The Morgan fingerprint density at radius 1 is 1.52 bits per heavy atom. The predicted molar refractivity (Wildman–Crippen MR) is 87.4 cm³/mol. The van der Waals surface area contributed by atoms with Crippen molar-refractivity contribution >= 4 is 34.5 Å². The van der Waals surface area contributed by atoms with Gasteiger partial charge in [0.15, 0.2) is 0 Å². The van der Waals surface area contributed by atoms with Crippen LogP contribution in [0.3, 0.4) is 0 Å². The third-order valence-electron chi connectivity index (χ3n) is 4.77. The molecule has 0 aromatic carbocycles. The average Bonchev–Trinajstić information content (AvgIpc) is 2.97. The van der Waals surface area contributed by atoms with E-state index in [9.17, 15) is 4.79 Å². The topological polar surface area (TPSA) is 55.6 Å². The van der Waals surface area contributed by atoms with Crippen molar-refractivity contribution < 1.29 is 9.53 Å². The third-order valence-corrected chi connectivity index (χ3v) is 6.15.